The predicted molar refractivity (Wildman–Crippen MR) is 122 cm³/mol. The topological polar surface area (TPSA) is 73.6 Å². The zero-order chi connectivity index (χ0) is 23.2. The van der Waals surface area contributed by atoms with Crippen LogP contribution in [0.5, 0.6) is 5.75 Å². The van der Waals surface area contributed by atoms with Gasteiger partial charge in [-0.3, -0.25) is 4.68 Å². The molecule has 1 aliphatic rings. The maximum Gasteiger partial charge on any atom is 0.339 e. The number of aliphatic carboxylic acids is 1. The molecule has 32 heavy (non-hydrogen) atoms. The van der Waals surface area contributed by atoms with E-state index in [0.29, 0.717) is 41.3 Å². The number of rotatable bonds is 5. The fraction of sp³-hybridized carbons (Fsp3) is 0.417. The Morgan fingerprint density at radius 3 is 2.78 bits per heavy atom. The van der Waals surface area contributed by atoms with Gasteiger partial charge in [0.2, 0.25) is 0 Å². The number of fused-ring (bicyclic) bond motifs is 1. The molecule has 6 nitrogen and oxygen atoms in total. The van der Waals surface area contributed by atoms with Crippen LogP contribution in [0.1, 0.15) is 50.1 Å². The predicted octanol–water partition coefficient (Wildman–Crippen LogP) is 5.53. The van der Waals surface area contributed by atoms with Crippen molar-refractivity contribution in [1.82, 2.24) is 9.78 Å². The number of halogens is 1. The normalized spacial score (nSPS) is 14.7. The summed E-state index contributed by atoms with van der Waals surface area (Å²) in [5.74, 6) is -1.28. The molecule has 3 heterocycles. The van der Waals surface area contributed by atoms with Gasteiger partial charge in [0.25, 0.3) is 0 Å². The van der Waals surface area contributed by atoms with Gasteiger partial charge in [-0.25, -0.2) is 9.18 Å². The molecule has 1 atom stereocenters. The summed E-state index contributed by atoms with van der Waals surface area (Å²) in [7, 11) is 1.70. The fourth-order valence-corrected chi connectivity index (χ4v) is 4.90. The number of benzene rings is 1. The van der Waals surface area contributed by atoms with Crippen LogP contribution in [0, 0.1) is 12.7 Å². The lowest BCUT2D eigenvalue weighted by Crippen LogP contribution is -2.29. The fourth-order valence-electron chi connectivity index (χ4n) is 4.18. The molecule has 0 radical (unpaired) electrons. The van der Waals surface area contributed by atoms with Crippen molar-refractivity contribution in [3.05, 3.63) is 46.2 Å². The molecule has 0 bridgehead atoms. The number of ether oxygens (including phenoxy) is 2. The van der Waals surface area contributed by atoms with Gasteiger partial charge in [0.15, 0.2) is 17.7 Å². The number of carboxylic acids is 1. The average Bonchev–Trinajstić information content (AvgIpc) is 3.36. The van der Waals surface area contributed by atoms with Gasteiger partial charge in [-0.05, 0) is 69.2 Å². The molecular weight excluding hydrogens is 431 g/mol. The number of carbonyl (C=O) groups is 1. The van der Waals surface area contributed by atoms with Gasteiger partial charge in [-0.15, -0.1) is 11.3 Å². The third-order valence-electron chi connectivity index (χ3n) is 5.50. The zero-order valence-electron chi connectivity index (χ0n) is 18.9. The number of hydrogen-bond donors (Lipinski definition) is 1. The van der Waals surface area contributed by atoms with Gasteiger partial charge in [-0.1, -0.05) is 6.07 Å². The Balaban J connectivity index is 2.03. The van der Waals surface area contributed by atoms with Crippen LogP contribution >= 0.6 is 11.3 Å². The molecule has 4 rings (SSSR count). The maximum atomic E-state index is 15.1. The van der Waals surface area contributed by atoms with Gasteiger partial charge < -0.3 is 14.6 Å². The third kappa shape index (κ3) is 4.04. The molecule has 2 aromatic heterocycles. The number of aromatic nitrogens is 2. The van der Waals surface area contributed by atoms with E-state index >= 15 is 4.39 Å². The molecule has 1 aliphatic heterocycles. The Kier molecular flexibility index (Phi) is 5.85. The lowest BCUT2D eigenvalue weighted by molar-refractivity contribution is -0.161. The van der Waals surface area contributed by atoms with Crippen LogP contribution in [0.3, 0.4) is 0 Å². The summed E-state index contributed by atoms with van der Waals surface area (Å²) in [6.45, 7) is 7.83. The van der Waals surface area contributed by atoms with E-state index < -0.39 is 23.5 Å². The number of hydrogen-bond acceptors (Lipinski definition) is 5. The van der Waals surface area contributed by atoms with E-state index in [2.05, 4.69) is 5.10 Å². The van der Waals surface area contributed by atoms with Crippen LogP contribution in [0.4, 0.5) is 4.39 Å². The molecular formula is C24H27FN2O4S. The molecule has 170 valence electrons. The number of nitrogens with zero attached hydrogens (tertiary/aromatic N) is 2. The van der Waals surface area contributed by atoms with Crippen molar-refractivity contribution in [2.45, 2.75) is 52.2 Å². The Hall–Kier alpha value is -2.71. The van der Waals surface area contributed by atoms with Crippen LogP contribution < -0.4 is 4.74 Å². The molecule has 1 aromatic carbocycles. The third-order valence-corrected chi connectivity index (χ3v) is 6.37. The van der Waals surface area contributed by atoms with Crippen molar-refractivity contribution >= 4 is 17.3 Å². The molecule has 1 unspecified atom stereocenters. The molecule has 1 N–H and O–H groups in total. The van der Waals surface area contributed by atoms with Crippen LogP contribution in [0.25, 0.3) is 21.7 Å². The van der Waals surface area contributed by atoms with Crippen LogP contribution in [0.15, 0.2) is 23.6 Å². The van der Waals surface area contributed by atoms with Gasteiger partial charge >= 0.3 is 5.97 Å². The van der Waals surface area contributed by atoms with E-state index in [-0.39, 0.29) is 0 Å². The first-order valence-corrected chi connectivity index (χ1v) is 11.4. The van der Waals surface area contributed by atoms with Gasteiger partial charge in [-0.2, -0.15) is 5.10 Å². The lowest BCUT2D eigenvalue weighted by atomic mass is 9.89. The van der Waals surface area contributed by atoms with Crippen LogP contribution in [-0.2, 0) is 23.0 Å². The minimum atomic E-state index is -1.27. The molecule has 0 spiro atoms. The van der Waals surface area contributed by atoms with E-state index in [1.54, 1.807) is 32.5 Å². The molecule has 0 saturated heterocycles. The summed E-state index contributed by atoms with van der Waals surface area (Å²) in [6.07, 6.45) is 0.238. The lowest BCUT2D eigenvalue weighted by Gasteiger charge is -2.27. The highest BCUT2D eigenvalue weighted by molar-refractivity contribution is 7.13. The minimum absolute atomic E-state index is 0.293. The highest BCUT2D eigenvalue weighted by Crippen LogP contribution is 2.45. The maximum absolute atomic E-state index is 15.1. The van der Waals surface area contributed by atoms with Gasteiger partial charge in [0.05, 0.1) is 22.8 Å². The average molecular weight is 459 g/mol. The molecule has 0 amide bonds. The number of aryl methyl sites for hydroxylation is 1. The van der Waals surface area contributed by atoms with E-state index in [9.17, 15) is 9.90 Å². The van der Waals surface area contributed by atoms with Gasteiger partial charge in [0.1, 0.15) is 5.69 Å². The molecule has 0 aliphatic carbocycles. The van der Waals surface area contributed by atoms with Crippen molar-refractivity contribution in [1.29, 1.82) is 0 Å². The summed E-state index contributed by atoms with van der Waals surface area (Å²) >= 11 is 1.50. The smallest absolute Gasteiger partial charge is 0.339 e. The van der Waals surface area contributed by atoms with Crippen molar-refractivity contribution in [2.24, 2.45) is 7.05 Å². The molecule has 0 saturated carbocycles. The summed E-state index contributed by atoms with van der Waals surface area (Å²) in [4.78, 5) is 13.2. The van der Waals surface area contributed by atoms with E-state index in [4.69, 9.17) is 9.47 Å². The first kappa shape index (κ1) is 22.5. The largest absolute Gasteiger partial charge is 0.490 e. The summed E-state index contributed by atoms with van der Waals surface area (Å²) in [5.41, 5.74) is 3.17. The second-order valence-corrected chi connectivity index (χ2v) is 9.90. The van der Waals surface area contributed by atoms with Gasteiger partial charge in [0, 0.05) is 18.2 Å². The highest BCUT2D eigenvalue weighted by Gasteiger charge is 2.35. The Morgan fingerprint density at radius 2 is 2.16 bits per heavy atom. The summed E-state index contributed by atoms with van der Waals surface area (Å²) in [6, 6.07) is 5.27. The molecule has 3 aromatic rings. The second-order valence-electron chi connectivity index (χ2n) is 8.95. The van der Waals surface area contributed by atoms with E-state index in [0.717, 1.165) is 22.4 Å². The monoisotopic (exact) mass is 458 g/mol. The molecule has 0 fully saturated rings. The highest BCUT2D eigenvalue weighted by atomic mass is 32.1. The number of thiophene rings is 1. The summed E-state index contributed by atoms with van der Waals surface area (Å²) in [5, 5.41) is 16.7. The van der Waals surface area contributed by atoms with Crippen LogP contribution in [0.2, 0.25) is 0 Å². The van der Waals surface area contributed by atoms with Crippen molar-refractivity contribution < 1.29 is 23.8 Å². The Labute approximate surface area is 190 Å². The van der Waals surface area contributed by atoms with Crippen molar-refractivity contribution in [3.8, 4) is 27.4 Å². The zero-order valence-corrected chi connectivity index (χ0v) is 19.7. The van der Waals surface area contributed by atoms with Crippen molar-refractivity contribution in [2.75, 3.05) is 6.61 Å². The van der Waals surface area contributed by atoms with Crippen LogP contribution in [-0.4, -0.2) is 33.1 Å². The Bertz CT molecular complexity index is 1160. The first-order valence-electron chi connectivity index (χ1n) is 10.5. The SMILES string of the molecule is Cc1c(-c2c(-c3cccs3)nn(C)c2C(OC(C)(C)C)C(=O)O)cc(F)c2c1CCCO2. The first-order chi connectivity index (χ1) is 15.1. The quantitative estimate of drug-likeness (QED) is 0.544. The van der Waals surface area contributed by atoms with E-state index in [1.165, 1.54) is 17.4 Å². The van der Waals surface area contributed by atoms with E-state index in [1.807, 2.05) is 24.4 Å². The minimum Gasteiger partial charge on any atom is -0.490 e. The summed E-state index contributed by atoms with van der Waals surface area (Å²) < 4.78 is 28.3. The Morgan fingerprint density at radius 1 is 1.41 bits per heavy atom. The standard InChI is InChI=1S/C24H27FN2O4S/c1-13-14-8-6-10-30-21(14)16(25)12-15(13)18-19(17-9-7-11-32-17)26-27(5)20(18)22(23(28)29)31-24(2,3)4/h7,9,11-12,22H,6,8,10H2,1-5H3,(H,28,29). The molecule has 8 heteroatoms. The number of carboxylic acid groups (broad SMARTS) is 1. The van der Waals surface area contributed by atoms with Crippen molar-refractivity contribution in [3.63, 3.8) is 0 Å². The second kappa shape index (κ2) is 8.33.